The van der Waals surface area contributed by atoms with Crippen molar-refractivity contribution >= 4 is 5.84 Å². The normalized spacial score (nSPS) is 15.8. The van der Waals surface area contributed by atoms with Crippen molar-refractivity contribution in [3.05, 3.63) is 58.7 Å². The minimum Gasteiger partial charge on any atom is -0.383 e. The lowest BCUT2D eigenvalue weighted by Crippen LogP contribution is -2.16. The Bertz CT molecular complexity index is 691. The van der Waals surface area contributed by atoms with Crippen LogP contribution < -0.4 is 5.73 Å². The van der Waals surface area contributed by atoms with Gasteiger partial charge >= 0.3 is 6.18 Å². The number of nitrogens with zero attached hydrogens (tertiary/aromatic N) is 2. The van der Waals surface area contributed by atoms with Crippen LogP contribution in [0.5, 0.6) is 0 Å². The summed E-state index contributed by atoms with van der Waals surface area (Å²) in [6.07, 6.45) is -1.42. The standard InChI is InChI=1S/C16H14F3N3/c17-16(18,19)14-6-4-11(5-7-14)10-22-15(21)13-3-1-2-12(8-13)9-20/h1-4,6,8H,5,7,10H2,(H2,21,22). The van der Waals surface area contributed by atoms with Crippen molar-refractivity contribution in [1.82, 2.24) is 0 Å². The molecule has 1 aromatic rings. The molecule has 0 unspecified atom stereocenters. The van der Waals surface area contributed by atoms with Crippen LogP contribution in [0.3, 0.4) is 0 Å². The van der Waals surface area contributed by atoms with Gasteiger partial charge in [0.1, 0.15) is 5.84 Å². The van der Waals surface area contributed by atoms with Crippen LogP contribution in [0.1, 0.15) is 24.0 Å². The largest absolute Gasteiger partial charge is 0.412 e. The van der Waals surface area contributed by atoms with Crippen LogP contribution in [-0.4, -0.2) is 18.6 Å². The Morgan fingerprint density at radius 1 is 1.27 bits per heavy atom. The minimum absolute atomic E-state index is 0.0331. The van der Waals surface area contributed by atoms with Gasteiger partial charge in [-0.25, -0.2) is 0 Å². The number of hydrogen-bond donors (Lipinski definition) is 1. The summed E-state index contributed by atoms with van der Waals surface area (Å²) in [6, 6.07) is 8.72. The summed E-state index contributed by atoms with van der Waals surface area (Å²) in [6.45, 7) is 0.254. The molecule has 1 aliphatic rings. The maximum Gasteiger partial charge on any atom is 0.412 e. The van der Waals surface area contributed by atoms with E-state index in [9.17, 15) is 13.2 Å². The molecule has 0 aromatic heterocycles. The highest BCUT2D eigenvalue weighted by Crippen LogP contribution is 2.32. The lowest BCUT2D eigenvalue weighted by molar-refractivity contribution is -0.0941. The first kappa shape index (κ1) is 15.8. The predicted octanol–water partition coefficient (Wildman–Crippen LogP) is 3.47. The van der Waals surface area contributed by atoms with E-state index in [2.05, 4.69) is 4.99 Å². The average Bonchev–Trinajstić information content (AvgIpc) is 2.52. The van der Waals surface area contributed by atoms with Crippen LogP contribution in [0.15, 0.2) is 52.6 Å². The topological polar surface area (TPSA) is 62.2 Å². The molecule has 0 saturated heterocycles. The first-order valence-electron chi connectivity index (χ1n) is 6.66. The maximum atomic E-state index is 12.5. The second-order valence-corrected chi connectivity index (χ2v) is 4.91. The molecule has 1 aromatic carbocycles. The number of halogens is 3. The second-order valence-electron chi connectivity index (χ2n) is 4.91. The summed E-state index contributed by atoms with van der Waals surface area (Å²) in [5, 5.41) is 8.83. The van der Waals surface area contributed by atoms with Crippen LogP contribution >= 0.6 is 0 Å². The molecule has 1 aliphatic carbocycles. The van der Waals surface area contributed by atoms with E-state index in [1.54, 1.807) is 24.3 Å². The molecule has 0 fully saturated rings. The van der Waals surface area contributed by atoms with E-state index >= 15 is 0 Å². The number of allylic oxidation sites excluding steroid dienone is 3. The number of aliphatic imine (C=N–C) groups is 1. The summed E-state index contributed by atoms with van der Waals surface area (Å²) in [5.74, 6) is 0.267. The Balaban J connectivity index is 2.07. The van der Waals surface area contributed by atoms with E-state index in [1.165, 1.54) is 6.08 Å². The van der Waals surface area contributed by atoms with Crippen LogP contribution in [0, 0.1) is 11.3 Å². The molecular formula is C16H14F3N3. The summed E-state index contributed by atoms with van der Waals surface area (Å²) in [5.41, 5.74) is 7.23. The smallest absolute Gasteiger partial charge is 0.383 e. The second kappa shape index (κ2) is 6.48. The molecule has 3 nitrogen and oxygen atoms in total. The number of benzene rings is 1. The fourth-order valence-corrected chi connectivity index (χ4v) is 2.07. The molecule has 0 saturated carbocycles. The first-order valence-corrected chi connectivity index (χ1v) is 6.66. The van der Waals surface area contributed by atoms with Crippen LogP contribution in [0.4, 0.5) is 13.2 Å². The molecule has 6 heteroatoms. The van der Waals surface area contributed by atoms with Gasteiger partial charge in [-0.1, -0.05) is 24.3 Å². The Kier molecular flexibility index (Phi) is 4.66. The van der Waals surface area contributed by atoms with Crippen molar-refractivity contribution in [2.45, 2.75) is 19.0 Å². The zero-order valence-corrected chi connectivity index (χ0v) is 11.7. The van der Waals surface area contributed by atoms with E-state index in [1.807, 2.05) is 6.07 Å². The summed E-state index contributed by atoms with van der Waals surface area (Å²) >= 11 is 0. The number of alkyl halides is 3. The Morgan fingerprint density at radius 2 is 2.05 bits per heavy atom. The van der Waals surface area contributed by atoms with E-state index in [4.69, 9.17) is 11.0 Å². The van der Waals surface area contributed by atoms with Gasteiger partial charge in [0.25, 0.3) is 0 Å². The highest BCUT2D eigenvalue weighted by molar-refractivity contribution is 5.97. The molecule has 0 bridgehead atoms. The Morgan fingerprint density at radius 3 is 2.64 bits per heavy atom. The van der Waals surface area contributed by atoms with Gasteiger partial charge in [0.2, 0.25) is 0 Å². The maximum absolute atomic E-state index is 12.5. The van der Waals surface area contributed by atoms with Gasteiger partial charge in [-0.3, -0.25) is 4.99 Å². The lowest BCUT2D eigenvalue weighted by atomic mass is 9.98. The first-order chi connectivity index (χ1) is 10.4. The summed E-state index contributed by atoms with van der Waals surface area (Å²) < 4.78 is 37.5. The van der Waals surface area contributed by atoms with Gasteiger partial charge in [0, 0.05) is 11.1 Å². The van der Waals surface area contributed by atoms with Crippen molar-refractivity contribution in [2.24, 2.45) is 10.7 Å². The molecule has 0 aliphatic heterocycles. The molecular weight excluding hydrogens is 291 g/mol. The number of amidine groups is 1. The average molecular weight is 305 g/mol. The fourth-order valence-electron chi connectivity index (χ4n) is 2.07. The molecule has 0 radical (unpaired) electrons. The minimum atomic E-state index is -4.26. The Hall–Kier alpha value is -2.55. The van der Waals surface area contributed by atoms with Crippen LogP contribution in [0.25, 0.3) is 0 Å². The quantitative estimate of drug-likeness (QED) is 0.686. The molecule has 114 valence electrons. The van der Waals surface area contributed by atoms with Crippen molar-refractivity contribution in [2.75, 3.05) is 6.54 Å². The van der Waals surface area contributed by atoms with Gasteiger partial charge in [0.05, 0.1) is 18.2 Å². The Labute approximate surface area is 126 Å². The number of nitriles is 1. The van der Waals surface area contributed by atoms with E-state index in [0.717, 1.165) is 11.6 Å². The van der Waals surface area contributed by atoms with E-state index < -0.39 is 11.7 Å². The molecule has 2 N–H and O–H groups in total. The molecule has 2 rings (SSSR count). The van der Waals surface area contributed by atoms with Crippen LogP contribution in [-0.2, 0) is 0 Å². The van der Waals surface area contributed by atoms with Gasteiger partial charge in [0.15, 0.2) is 0 Å². The number of nitrogens with two attached hydrogens (primary N) is 1. The molecule has 0 spiro atoms. The molecule has 0 heterocycles. The SMILES string of the molecule is N#Cc1cccc(C(N)=NCC2=CC=C(C(F)(F)F)CC2)c1. The summed E-state index contributed by atoms with van der Waals surface area (Å²) in [7, 11) is 0. The zero-order chi connectivity index (χ0) is 16.2. The molecule has 22 heavy (non-hydrogen) atoms. The third-order valence-corrected chi connectivity index (χ3v) is 3.34. The zero-order valence-electron chi connectivity index (χ0n) is 11.7. The van der Waals surface area contributed by atoms with Crippen molar-refractivity contribution in [3.8, 4) is 6.07 Å². The third-order valence-electron chi connectivity index (χ3n) is 3.34. The van der Waals surface area contributed by atoms with Gasteiger partial charge in [-0.2, -0.15) is 18.4 Å². The van der Waals surface area contributed by atoms with Crippen LogP contribution in [0.2, 0.25) is 0 Å². The summed E-state index contributed by atoms with van der Waals surface area (Å²) in [4.78, 5) is 4.19. The van der Waals surface area contributed by atoms with Crippen molar-refractivity contribution in [1.29, 1.82) is 5.26 Å². The highest BCUT2D eigenvalue weighted by atomic mass is 19.4. The van der Waals surface area contributed by atoms with E-state index in [0.29, 0.717) is 17.5 Å². The third kappa shape index (κ3) is 3.98. The lowest BCUT2D eigenvalue weighted by Gasteiger charge is -2.16. The number of hydrogen-bond acceptors (Lipinski definition) is 2. The van der Waals surface area contributed by atoms with Gasteiger partial charge in [-0.05, 0) is 30.5 Å². The van der Waals surface area contributed by atoms with Crippen molar-refractivity contribution in [3.63, 3.8) is 0 Å². The molecule has 0 amide bonds. The highest BCUT2D eigenvalue weighted by Gasteiger charge is 2.33. The van der Waals surface area contributed by atoms with Crippen molar-refractivity contribution < 1.29 is 13.2 Å². The monoisotopic (exact) mass is 305 g/mol. The fraction of sp³-hybridized carbons (Fsp3) is 0.250. The number of rotatable bonds is 3. The van der Waals surface area contributed by atoms with Gasteiger partial charge < -0.3 is 5.73 Å². The molecule has 0 atom stereocenters. The van der Waals surface area contributed by atoms with Gasteiger partial charge in [-0.15, -0.1) is 0 Å². The van der Waals surface area contributed by atoms with E-state index in [-0.39, 0.29) is 18.8 Å². The predicted molar refractivity (Wildman–Crippen MR) is 78.2 cm³/mol.